The molecule has 6 heteroatoms. The summed E-state index contributed by atoms with van der Waals surface area (Å²) in [5.41, 5.74) is 4.28. The second-order valence-electron chi connectivity index (χ2n) is 2.67. The van der Waals surface area contributed by atoms with Crippen molar-refractivity contribution in [2.24, 2.45) is 0 Å². The average molecular weight is 267 g/mol. The van der Waals surface area contributed by atoms with E-state index in [9.17, 15) is 9.59 Å². The monoisotopic (exact) mass is 267 g/mol. The second-order valence-corrected chi connectivity index (χ2v) is 12.1. The molecule has 0 aromatic heterocycles. The zero-order chi connectivity index (χ0) is 10.4. The summed E-state index contributed by atoms with van der Waals surface area (Å²) in [4.78, 5) is 21.3. The van der Waals surface area contributed by atoms with Crippen molar-refractivity contribution in [1.29, 1.82) is 0 Å². The maximum absolute atomic E-state index is 11.2. The number of hydrogen-bond acceptors (Lipinski definition) is 3. The van der Waals surface area contributed by atoms with Crippen LogP contribution in [0.1, 0.15) is 6.92 Å². The Labute approximate surface area is 85.7 Å². The number of carbonyl (C=O) groups is 2. The van der Waals surface area contributed by atoms with Crippen LogP contribution in [0.5, 0.6) is 0 Å². The van der Waals surface area contributed by atoms with Gasteiger partial charge in [0, 0.05) is 0 Å². The minimum absolute atomic E-state index is 0.130. The first-order valence-corrected chi connectivity index (χ1v) is 10.7. The number of nitrogens with one attached hydrogen (secondary N) is 1. The van der Waals surface area contributed by atoms with Crippen LogP contribution in [0, 0.1) is 0 Å². The molecule has 1 unspecified atom stereocenters. The van der Waals surface area contributed by atoms with Gasteiger partial charge in [0.2, 0.25) is 0 Å². The molecule has 0 aliphatic heterocycles. The molecule has 4 nitrogen and oxygen atoms in total. The third-order valence-corrected chi connectivity index (χ3v) is 6.75. The molecule has 13 heavy (non-hydrogen) atoms. The van der Waals surface area contributed by atoms with Gasteiger partial charge in [-0.2, -0.15) is 0 Å². The summed E-state index contributed by atoms with van der Waals surface area (Å²) in [6.07, 6.45) is 0. The quantitative estimate of drug-likeness (QED) is 0.714. The van der Waals surface area contributed by atoms with E-state index in [0.717, 1.165) is 0 Å². The van der Waals surface area contributed by atoms with Gasteiger partial charge in [-0.25, -0.2) is 0 Å². The van der Waals surface area contributed by atoms with Crippen molar-refractivity contribution in [3.8, 4) is 0 Å². The van der Waals surface area contributed by atoms with Crippen LogP contribution in [0.3, 0.4) is 0 Å². The van der Waals surface area contributed by atoms with Crippen LogP contribution in [0.15, 0.2) is 0 Å². The Morgan fingerprint density at radius 1 is 1.54 bits per heavy atom. The maximum atomic E-state index is 11.2. The molecule has 1 atom stereocenters. The van der Waals surface area contributed by atoms with E-state index in [1.54, 1.807) is 16.9 Å². The number of rotatable bonds is 5. The number of carbonyl (C=O) groups excluding carboxylic acids is 1. The van der Waals surface area contributed by atoms with E-state index in [2.05, 4.69) is 16.7 Å². The Hall–Kier alpha value is -0.152. The van der Waals surface area contributed by atoms with Crippen LogP contribution >= 0.6 is 10.0 Å². The van der Waals surface area contributed by atoms with Crippen molar-refractivity contribution >= 4 is 35.4 Å². The first-order chi connectivity index (χ1) is 5.93. The summed E-state index contributed by atoms with van der Waals surface area (Å²) in [7, 11) is 1.66. The van der Waals surface area contributed by atoms with Crippen molar-refractivity contribution in [1.82, 2.24) is 5.32 Å². The van der Waals surface area contributed by atoms with E-state index in [1.807, 2.05) is 0 Å². The molecule has 0 aliphatic rings. The molecule has 0 aliphatic carbocycles. The summed E-state index contributed by atoms with van der Waals surface area (Å²) in [5, 5.41) is 10.5. The van der Waals surface area contributed by atoms with Crippen LogP contribution < -0.4 is 5.32 Å². The fourth-order valence-corrected chi connectivity index (χ4v) is 6.07. The SMILES string of the molecule is CC(S[As](C)C)C(=O)NCC(=O)O. The third kappa shape index (κ3) is 6.96. The van der Waals surface area contributed by atoms with Gasteiger partial charge in [-0.3, -0.25) is 0 Å². The van der Waals surface area contributed by atoms with Crippen LogP contribution in [0.4, 0.5) is 0 Å². The Morgan fingerprint density at radius 2 is 2.08 bits per heavy atom. The van der Waals surface area contributed by atoms with E-state index < -0.39 is 19.5 Å². The second kappa shape index (κ2) is 6.32. The minimum atomic E-state index is -1.01. The third-order valence-electron chi connectivity index (χ3n) is 1.15. The van der Waals surface area contributed by atoms with E-state index in [-0.39, 0.29) is 17.7 Å². The van der Waals surface area contributed by atoms with Crippen LogP contribution in [0.2, 0.25) is 11.4 Å². The van der Waals surface area contributed by atoms with Gasteiger partial charge in [-0.15, -0.1) is 0 Å². The molecule has 0 heterocycles. The molecule has 0 saturated carbocycles. The molecule has 0 aromatic rings. The van der Waals surface area contributed by atoms with Crippen molar-refractivity contribution in [3.63, 3.8) is 0 Å². The van der Waals surface area contributed by atoms with E-state index in [4.69, 9.17) is 5.11 Å². The molecule has 0 aromatic carbocycles. The molecule has 0 rings (SSSR count). The van der Waals surface area contributed by atoms with Crippen LogP contribution in [-0.4, -0.2) is 42.3 Å². The van der Waals surface area contributed by atoms with E-state index in [0.29, 0.717) is 0 Å². The standard InChI is InChI=1S/C7H14AsNO3S/c1-5(13-8(2)3)7(12)9-4-6(10)11/h5H,4H2,1-3H3,(H,9,12)(H,10,11). The van der Waals surface area contributed by atoms with Gasteiger partial charge in [0.15, 0.2) is 0 Å². The van der Waals surface area contributed by atoms with Crippen LogP contribution in [-0.2, 0) is 9.59 Å². The van der Waals surface area contributed by atoms with Gasteiger partial charge < -0.3 is 0 Å². The molecule has 2 N–H and O–H groups in total. The first kappa shape index (κ1) is 12.8. The molecular weight excluding hydrogens is 253 g/mol. The summed E-state index contributed by atoms with van der Waals surface area (Å²) >= 11 is -0.885. The predicted molar refractivity (Wildman–Crippen MR) is 55.2 cm³/mol. The van der Waals surface area contributed by atoms with Gasteiger partial charge in [0.05, 0.1) is 0 Å². The summed E-state index contributed by atoms with van der Waals surface area (Å²) in [6, 6.07) is 0. The molecule has 0 radical (unpaired) electrons. The zero-order valence-electron chi connectivity index (χ0n) is 7.90. The molecule has 1 amide bonds. The Balaban J connectivity index is 3.76. The molecule has 0 spiro atoms. The molecule has 0 bridgehead atoms. The van der Waals surface area contributed by atoms with Gasteiger partial charge in [-0.1, -0.05) is 0 Å². The Morgan fingerprint density at radius 3 is 2.46 bits per heavy atom. The van der Waals surface area contributed by atoms with Crippen molar-refractivity contribution in [2.75, 3.05) is 6.54 Å². The number of aliphatic carboxylic acids is 1. The van der Waals surface area contributed by atoms with Gasteiger partial charge in [0.1, 0.15) is 0 Å². The molecule has 0 saturated heterocycles. The number of amides is 1. The summed E-state index contributed by atoms with van der Waals surface area (Å²) in [6.45, 7) is 1.51. The number of carboxylic acids is 1. The van der Waals surface area contributed by atoms with Gasteiger partial charge in [-0.05, 0) is 0 Å². The fraction of sp³-hybridized carbons (Fsp3) is 0.714. The summed E-state index contributed by atoms with van der Waals surface area (Å²) < 4.78 is 0. The van der Waals surface area contributed by atoms with Crippen molar-refractivity contribution in [3.05, 3.63) is 0 Å². The molecule has 76 valence electrons. The predicted octanol–water partition coefficient (Wildman–Crippen LogP) is 0.560. The van der Waals surface area contributed by atoms with Crippen LogP contribution in [0.25, 0.3) is 0 Å². The van der Waals surface area contributed by atoms with Crippen molar-refractivity contribution < 1.29 is 14.7 Å². The van der Waals surface area contributed by atoms with Gasteiger partial charge in [0.25, 0.3) is 0 Å². The first-order valence-electron chi connectivity index (χ1n) is 3.77. The molecular formula is C7H14AsNO3S. The zero-order valence-corrected chi connectivity index (χ0v) is 10.6. The number of carboxylic acid groups (broad SMARTS) is 1. The Bertz CT molecular complexity index is 198. The topological polar surface area (TPSA) is 66.4 Å². The Kier molecular flexibility index (Phi) is 6.25. The average Bonchev–Trinajstić information content (AvgIpc) is 1.98. The van der Waals surface area contributed by atoms with Gasteiger partial charge >= 0.3 is 85.5 Å². The fourth-order valence-electron chi connectivity index (χ4n) is 0.671. The molecule has 0 fully saturated rings. The number of hydrogen-bond donors (Lipinski definition) is 2. The normalized spacial score (nSPS) is 12.6. The van der Waals surface area contributed by atoms with E-state index in [1.165, 1.54) is 0 Å². The van der Waals surface area contributed by atoms with E-state index >= 15 is 0 Å². The van der Waals surface area contributed by atoms with Crippen molar-refractivity contribution in [2.45, 2.75) is 23.6 Å². The summed E-state index contributed by atoms with van der Waals surface area (Å²) in [5.74, 6) is -1.19.